The molecule has 1 aliphatic carbocycles. The van der Waals surface area contributed by atoms with Crippen LogP contribution < -0.4 is 14.5 Å². The lowest BCUT2D eigenvalue weighted by atomic mass is 9.84. The molecule has 4 aromatic carbocycles. The topological polar surface area (TPSA) is 62.3 Å². The number of anilines is 2. The minimum atomic E-state index is -0.412. The van der Waals surface area contributed by atoms with Crippen molar-refractivity contribution in [3.63, 3.8) is 0 Å². The van der Waals surface area contributed by atoms with Crippen LogP contribution in [0.3, 0.4) is 0 Å². The highest BCUT2D eigenvalue weighted by atomic mass is 35.5. The standard InChI is InChI=1S/C40H42ClF2N3O4/c41-32-5-2-8-37(26-32)46(39(47)25-29-10-14-33(42)15-11-29)36-7-1-4-30(24-36)28-45(40(48)31-12-16-34(43)17-13-31)35-6-3-9-38(27-35)50-23-20-44-18-21-49-22-19-44/h2-3,5-6,8-17,26-27,30,36H,1,4,7,18-25,28H2. The first-order valence-corrected chi connectivity index (χ1v) is 17.6. The van der Waals surface area contributed by atoms with Crippen LogP contribution in [0.4, 0.5) is 20.2 Å². The van der Waals surface area contributed by atoms with Crippen LogP contribution in [-0.2, 0) is 16.0 Å². The van der Waals surface area contributed by atoms with Gasteiger partial charge in [0.2, 0.25) is 5.91 Å². The molecule has 10 heteroatoms. The summed E-state index contributed by atoms with van der Waals surface area (Å²) in [6.45, 7) is 4.87. The maximum atomic E-state index is 14.1. The van der Waals surface area contributed by atoms with E-state index in [2.05, 4.69) is 4.90 Å². The van der Waals surface area contributed by atoms with Gasteiger partial charge in [0.25, 0.3) is 5.91 Å². The Kier molecular flexibility index (Phi) is 12.1. The van der Waals surface area contributed by atoms with Crippen molar-refractivity contribution in [3.05, 3.63) is 125 Å². The molecule has 50 heavy (non-hydrogen) atoms. The quantitative estimate of drug-likeness (QED) is 0.151. The molecule has 0 N–H and O–H groups in total. The minimum Gasteiger partial charge on any atom is -0.492 e. The van der Waals surface area contributed by atoms with E-state index in [9.17, 15) is 18.4 Å². The highest BCUT2D eigenvalue weighted by Gasteiger charge is 2.33. The summed E-state index contributed by atoms with van der Waals surface area (Å²) in [5, 5.41) is 0.526. The van der Waals surface area contributed by atoms with Crippen LogP contribution in [-0.4, -0.2) is 68.8 Å². The highest BCUT2D eigenvalue weighted by Crippen LogP contribution is 2.35. The minimum absolute atomic E-state index is 0.0596. The van der Waals surface area contributed by atoms with Crippen molar-refractivity contribution in [2.75, 3.05) is 55.8 Å². The van der Waals surface area contributed by atoms with Crippen LogP contribution in [0.5, 0.6) is 5.75 Å². The molecule has 1 saturated carbocycles. The normalized spacial score (nSPS) is 18.0. The zero-order valence-corrected chi connectivity index (χ0v) is 28.7. The van der Waals surface area contributed by atoms with E-state index in [-0.39, 0.29) is 36.0 Å². The number of carbonyl (C=O) groups excluding carboxylic acids is 2. The summed E-state index contributed by atoms with van der Waals surface area (Å²) in [6, 6.07) is 26.3. The summed E-state index contributed by atoms with van der Waals surface area (Å²) in [7, 11) is 0. The number of morpholine rings is 1. The van der Waals surface area contributed by atoms with Gasteiger partial charge in [0.05, 0.1) is 19.6 Å². The molecule has 0 bridgehead atoms. The van der Waals surface area contributed by atoms with Gasteiger partial charge in [0, 0.05) is 60.2 Å². The molecule has 4 aromatic rings. The van der Waals surface area contributed by atoms with Gasteiger partial charge in [-0.2, -0.15) is 0 Å². The van der Waals surface area contributed by atoms with Crippen molar-refractivity contribution < 1.29 is 27.8 Å². The molecule has 1 aliphatic heterocycles. The summed E-state index contributed by atoms with van der Waals surface area (Å²) >= 11 is 6.40. The maximum Gasteiger partial charge on any atom is 0.258 e. The van der Waals surface area contributed by atoms with Gasteiger partial charge in [-0.25, -0.2) is 8.78 Å². The number of carbonyl (C=O) groups is 2. The average molecular weight is 702 g/mol. The molecule has 0 aromatic heterocycles. The molecule has 0 radical (unpaired) electrons. The maximum absolute atomic E-state index is 14.1. The first-order valence-electron chi connectivity index (χ1n) is 17.2. The van der Waals surface area contributed by atoms with E-state index in [1.54, 1.807) is 29.2 Å². The summed E-state index contributed by atoms with van der Waals surface area (Å²) in [6.07, 6.45) is 3.29. The third-order valence-corrected chi connectivity index (χ3v) is 9.67. The predicted molar refractivity (Wildman–Crippen MR) is 192 cm³/mol. The summed E-state index contributed by atoms with van der Waals surface area (Å²) in [5.74, 6) is -0.391. The lowest BCUT2D eigenvalue weighted by molar-refractivity contribution is -0.118. The number of ether oxygens (including phenoxy) is 2. The Morgan fingerprint density at radius 2 is 1.56 bits per heavy atom. The molecule has 6 rings (SSSR count). The van der Waals surface area contributed by atoms with E-state index in [0.29, 0.717) is 47.3 Å². The number of nitrogens with zero attached hydrogens (tertiary/aromatic N) is 3. The van der Waals surface area contributed by atoms with Crippen LogP contribution in [0.2, 0.25) is 5.02 Å². The Hall–Kier alpha value is -4.31. The smallest absolute Gasteiger partial charge is 0.258 e. The van der Waals surface area contributed by atoms with Gasteiger partial charge in [0.1, 0.15) is 24.0 Å². The number of halogens is 3. The number of hydrogen-bond acceptors (Lipinski definition) is 5. The Balaban J connectivity index is 1.22. The van der Waals surface area contributed by atoms with Gasteiger partial charge in [-0.15, -0.1) is 0 Å². The van der Waals surface area contributed by atoms with Crippen molar-refractivity contribution >= 4 is 34.8 Å². The summed E-state index contributed by atoms with van der Waals surface area (Å²) in [4.78, 5) is 34.0. The first-order chi connectivity index (χ1) is 24.3. The Morgan fingerprint density at radius 1 is 0.860 bits per heavy atom. The summed E-state index contributed by atoms with van der Waals surface area (Å²) < 4.78 is 39.0. The van der Waals surface area contributed by atoms with Crippen molar-refractivity contribution in [3.8, 4) is 5.75 Å². The monoisotopic (exact) mass is 701 g/mol. The molecular weight excluding hydrogens is 660 g/mol. The molecule has 7 nitrogen and oxygen atoms in total. The van der Waals surface area contributed by atoms with Crippen LogP contribution in [0.25, 0.3) is 0 Å². The molecule has 262 valence electrons. The van der Waals surface area contributed by atoms with Gasteiger partial charge >= 0.3 is 0 Å². The number of hydrogen-bond donors (Lipinski definition) is 0. The van der Waals surface area contributed by atoms with Crippen molar-refractivity contribution in [2.24, 2.45) is 5.92 Å². The van der Waals surface area contributed by atoms with Gasteiger partial charge in [-0.3, -0.25) is 14.5 Å². The number of rotatable bonds is 12. The van der Waals surface area contributed by atoms with Crippen molar-refractivity contribution in [2.45, 2.75) is 38.1 Å². The zero-order valence-electron chi connectivity index (χ0n) is 28.0. The van der Waals surface area contributed by atoms with Crippen molar-refractivity contribution in [1.82, 2.24) is 4.90 Å². The lowest BCUT2D eigenvalue weighted by Gasteiger charge is -2.39. The molecule has 2 atom stereocenters. The molecule has 2 amide bonds. The Bertz CT molecular complexity index is 1730. The Morgan fingerprint density at radius 3 is 2.30 bits per heavy atom. The van der Waals surface area contributed by atoms with Gasteiger partial charge in [-0.05, 0) is 97.5 Å². The van der Waals surface area contributed by atoms with Crippen LogP contribution in [0, 0.1) is 17.6 Å². The van der Waals surface area contributed by atoms with Crippen molar-refractivity contribution in [1.29, 1.82) is 0 Å². The van der Waals surface area contributed by atoms with E-state index >= 15 is 0 Å². The van der Waals surface area contributed by atoms with E-state index < -0.39 is 5.82 Å². The van der Waals surface area contributed by atoms with Gasteiger partial charge < -0.3 is 19.3 Å². The molecule has 0 spiro atoms. The van der Waals surface area contributed by atoms with Gasteiger partial charge in [0.15, 0.2) is 0 Å². The largest absolute Gasteiger partial charge is 0.492 e. The number of amides is 2. The predicted octanol–water partition coefficient (Wildman–Crippen LogP) is 7.81. The second-order valence-electron chi connectivity index (χ2n) is 13.0. The number of benzene rings is 4. The second kappa shape index (κ2) is 17.1. The van der Waals surface area contributed by atoms with Crippen LogP contribution in [0.1, 0.15) is 41.6 Å². The third kappa shape index (κ3) is 9.47. The van der Waals surface area contributed by atoms with E-state index in [1.807, 2.05) is 41.3 Å². The van der Waals surface area contributed by atoms with Crippen LogP contribution in [0.15, 0.2) is 97.1 Å². The van der Waals surface area contributed by atoms with Gasteiger partial charge in [-0.1, -0.05) is 42.3 Å². The fraction of sp³-hybridized carbons (Fsp3) is 0.350. The molecule has 2 unspecified atom stereocenters. The molecule has 1 heterocycles. The van der Waals surface area contributed by atoms with E-state index in [4.69, 9.17) is 21.1 Å². The van der Waals surface area contributed by atoms with E-state index in [1.165, 1.54) is 36.4 Å². The molecule has 1 saturated heterocycles. The average Bonchev–Trinajstić information content (AvgIpc) is 3.13. The lowest BCUT2D eigenvalue weighted by Crippen LogP contribution is -2.46. The second-order valence-corrected chi connectivity index (χ2v) is 13.4. The van der Waals surface area contributed by atoms with Crippen LogP contribution >= 0.6 is 11.6 Å². The third-order valence-electron chi connectivity index (χ3n) is 9.43. The molecule has 2 fully saturated rings. The Labute approximate surface area is 297 Å². The zero-order chi connectivity index (χ0) is 34.9. The fourth-order valence-electron chi connectivity index (χ4n) is 6.88. The first kappa shape index (κ1) is 35.5. The fourth-order valence-corrected chi connectivity index (χ4v) is 7.06. The van der Waals surface area contributed by atoms with E-state index in [0.717, 1.165) is 57.7 Å². The molecule has 2 aliphatic rings. The highest BCUT2D eigenvalue weighted by molar-refractivity contribution is 6.31. The summed E-state index contributed by atoms with van der Waals surface area (Å²) in [5.41, 5.74) is 2.49. The SMILES string of the molecule is O=C(c1ccc(F)cc1)N(CC1CCCC(N(C(=O)Cc2ccc(F)cc2)c2cccc(Cl)c2)C1)c1cccc(OCCN2CCOCC2)c1. The molecular formula is C40H42ClF2N3O4.